The Labute approximate surface area is 120 Å². The van der Waals surface area contributed by atoms with Crippen LogP contribution in [-0.4, -0.2) is 15.0 Å². The number of nitro groups is 1. The van der Waals surface area contributed by atoms with Crippen LogP contribution in [-0.2, 0) is 0 Å². The van der Waals surface area contributed by atoms with Crippen LogP contribution in [0.1, 0.15) is 5.01 Å². The first-order valence-corrected chi connectivity index (χ1v) is 6.63. The Morgan fingerprint density at radius 1 is 1.15 bits per heavy atom. The van der Waals surface area contributed by atoms with Crippen LogP contribution in [0.4, 0.5) is 5.69 Å². The van der Waals surface area contributed by atoms with E-state index in [4.69, 9.17) is 0 Å². The minimum atomic E-state index is -0.453. The van der Waals surface area contributed by atoms with Crippen molar-refractivity contribution >= 4 is 17.0 Å². The first kappa shape index (κ1) is 13.1. The molecule has 0 atom stereocenters. The molecule has 0 bridgehead atoms. The third-order valence-corrected chi connectivity index (χ3v) is 4.00. The first-order valence-electron chi connectivity index (χ1n) is 5.82. The summed E-state index contributed by atoms with van der Waals surface area (Å²) in [6, 6.07) is 6.05. The Kier molecular flexibility index (Phi) is 3.40. The summed E-state index contributed by atoms with van der Waals surface area (Å²) in [5, 5.41) is 21.3. The smallest absolute Gasteiger partial charge is 0.269 e. The van der Waals surface area contributed by atoms with Gasteiger partial charge in [-0.3, -0.25) is 10.1 Å². The summed E-state index contributed by atoms with van der Waals surface area (Å²) in [5.74, 6) is 0.888. The molecule has 1 heterocycles. The number of nitrogens with zero attached hydrogens (tertiary/aromatic N) is 2. The van der Waals surface area contributed by atoms with Gasteiger partial charge in [-0.1, -0.05) is 0 Å². The van der Waals surface area contributed by atoms with E-state index in [1.165, 1.54) is 23.5 Å². The molecule has 1 N–H and O–H groups in total. The second-order valence-corrected chi connectivity index (χ2v) is 5.15. The van der Waals surface area contributed by atoms with Gasteiger partial charge in [-0.2, -0.15) is 0 Å². The van der Waals surface area contributed by atoms with E-state index in [2.05, 4.69) is 4.98 Å². The summed E-state index contributed by atoms with van der Waals surface area (Å²) in [7, 11) is 0. The van der Waals surface area contributed by atoms with Crippen molar-refractivity contribution in [1.29, 1.82) is 0 Å². The molecule has 1 saturated carbocycles. The number of non-ortho nitro benzene ring substituents is 1. The molecule has 5 nitrogen and oxygen atoms in total. The highest BCUT2D eigenvalue weighted by atomic mass is 32.1. The van der Waals surface area contributed by atoms with Gasteiger partial charge >= 0.3 is 0 Å². The maximum Gasteiger partial charge on any atom is 0.269 e. The molecule has 6 heteroatoms. The van der Waals surface area contributed by atoms with E-state index in [1.54, 1.807) is 12.1 Å². The van der Waals surface area contributed by atoms with Crippen molar-refractivity contribution in [3.63, 3.8) is 0 Å². The average Bonchev–Trinajstić information content (AvgIpc) is 3.08. The lowest BCUT2D eigenvalue weighted by molar-refractivity contribution is -0.384. The number of hydrogen-bond donors (Lipinski definition) is 1. The Morgan fingerprint density at radius 3 is 2.40 bits per heavy atom. The van der Waals surface area contributed by atoms with Crippen LogP contribution >= 0.6 is 11.3 Å². The minimum absolute atomic E-state index is 0.0222. The van der Waals surface area contributed by atoms with Gasteiger partial charge < -0.3 is 5.11 Å². The summed E-state index contributed by atoms with van der Waals surface area (Å²) in [5.41, 5.74) is 0.734. The zero-order chi connectivity index (χ0) is 14.1. The highest BCUT2D eigenvalue weighted by molar-refractivity contribution is 7.15. The molecule has 99 valence electrons. The van der Waals surface area contributed by atoms with Crippen LogP contribution < -0.4 is 0 Å². The summed E-state index contributed by atoms with van der Waals surface area (Å²) in [6.07, 6.45) is 7.63. The van der Waals surface area contributed by atoms with Gasteiger partial charge in [-0.05, 0) is 43.4 Å². The predicted octanol–water partition coefficient (Wildman–Crippen LogP) is 3.18. The van der Waals surface area contributed by atoms with Gasteiger partial charge in [-0.25, -0.2) is 4.98 Å². The molecule has 2 aromatic rings. The van der Waals surface area contributed by atoms with E-state index in [9.17, 15) is 15.2 Å². The molecular weight excluding hydrogens is 276 g/mol. The van der Waals surface area contributed by atoms with Crippen LogP contribution in [0.2, 0.25) is 0 Å². The Bertz CT molecular complexity index is 630. The van der Waals surface area contributed by atoms with Gasteiger partial charge in [0, 0.05) is 18.1 Å². The number of rotatable bonds is 3. The van der Waals surface area contributed by atoms with Crippen molar-refractivity contribution in [3.05, 3.63) is 71.0 Å². The summed E-state index contributed by atoms with van der Waals surface area (Å²) in [6.45, 7) is 0. The molecule has 0 unspecified atom stereocenters. The Morgan fingerprint density at radius 2 is 1.80 bits per heavy atom. The van der Waals surface area contributed by atoms with Gasteiger partial charge in [0.1, 0.15) is 5.01 Å². The highest BCUT2D eigenvalue weighted by Crippen LogP contribution is 2.41. The van der Waals surface area contributed by atoms with E-state index < -0.39 is 4.92 Å². The van der Waals surface area contributed by atoms with Crippen molar-refractivity contribution in [2.24, 2.45) is 0 Å². The van der Waals surface area contributed by atoms with Crippen LogP contribution in [0.25, 0.3) is 10.4 Å². The third kappa shape index (κ3) is 2.38. The number of aromatic hydroxyl groups is 1. The Balaban J connectivity index is 1.91. The molecular formula is C14H9N2O3S. The highest BCUT2D eigenvalue weighted by Gasteiger charge is 2.24. The fourth-order valence-corrected chi connectivity index (χ4v) is 2.84. The lowest BCUT2D eigenvalue weighted by atomic mass is 10.1. The maximum atomic E-state index is 10.6. The van der Waals surface area contributed by atoms with Crippen molar-refractivity contribution in [2.75, 3.05) is 0 Å². The summed E-state index contributed by atoms with van der Waals surface area (Å²) in [4.78, 5) is 14.9. The van der Waals surface area contributed by atoms with Crippen LogP contribution in [0.3, 0.4) is 0 Å². The molecule has 0 saturated heterocycles. The minimum Gasteiger partial charge on any atom is -0.492 e. The second-order valence-electron chi connectivity index (χ2n) is 4.15. The number of nitro benzene ring substituents is 1. The summed E-state index contributed by atoms with van der Waals surface area (Å²) >= 11 is 1.35. The fraction of sp³-hybridized carbons (Fsp3) is 0. The zero-order valence-corrected chi connectivity index (χ0v) is 11.0. The zero-order valence-electron chi connectivity index (χ0n) is 10.2. The van der Waals surface area contributed by atoms with Crippen molar-refractivity contribution in [1.82, 2.24) is 4.98 Å². The Hall–Kier alpha value is -1.95. The molecule has 5 radical (unpaired) electrons. The van der Waals surface area contributed by atoms with E-state index >= 15 is 0 Å². The molecule has 3 rings (SSSR count). The lowest BCUT2D eigenvalue weighted by Crippen LogP contribution is -1.92. The molecule has 1 aliphatic rings. The molecule has 1 aromatic heterocycles. The second kappa shape index (κ2) is 5.20. The third-order valence-electron chi connectivity index (χ3n) is 2.86. The van der Waals surface area contributed by atoms with Gasteiger partial charge in [-0.15, -0.1) is 11.3 Å². The first-order chi connectivity index (χ1) is 9.65. The van der Waals surface area contributed by atoms with Crippen molar-refractivity contribution < 1.29 is 10.0 Å². The van der Waals surface area contributed by atoms with E-state index in [-0.39, 0.29) is 11.6 Å². The van der Waals surface area contributed by atoms with Crippen LogP contribution in [0, 0.1) is 41.7 Å². The van der Waals surface area contributed by atoms with Gasteiger partial charge in [0.2, 0.25) is 5.88 Å². The molecule has 0 aliphatic heterocycles. The number of aromatic nitrogens is 1. The molecule has 1 fully saturated rings. The average molecular weight is 285 g/mol. The van der Waals surface area contributed by atoms with Crippen LogP contribution in [0.5, 0.6) is 5.88 Å². The van der Waals surface area contributed by atoms with Crippen molar-refractivity contribution in [3.8, 4) is 16.3 Å². The maximum absolute atomic E-state index is 10.6. The molecule has 1 aromatic carbocycles. The number of benzene rings is 1. The predicted molar refractivity (Wildman–Crippen MR) is 75.4 cm³/mol. The quantitative estimate of drug-likeness (QED) is 0.694. The number of thiazole rings is 1. The number of hydrogen-bond acceptors (Lipinski definition) is 5. The van der Waals surface area contributed by atoms with Crippen LogP contribution in [0.15, 0.2) is 24.3 Å². The van der Waals surface area contributed by atoms with Gasteiger partial charge in [0.15, 0.2) is 0 Å². The van der Waals surface area contributed by atoms with E-state index in [0.717, 1.165) is 10.9 Å². The molecule has 20 heavy (non-hydrogen) atoms. The molecule has 0 spiro atoms. The van der Waals surface area contributed by atoms with E-state index in [1.807, 2.05) is 25.7 Å². The van der Waals surface area contributed by atoms with Crippen molar-refractivity contribution in [2.45, 2.75) is 0 Å². The molecule has 1 aliphatic carbocycles. The van der Waals surface area contributed by atoms with E-state index in [0.29, 0.717) is 10.4 Å². The monoisotopic (exact) mass is 285 g/mol. The topological polar surface area (TPSA) is 76.3 Å². The van der Waals surface area contributed by atoms with Gasteiger partial charge in [0.05, 0.1) is 9.80 Å². The SMILES string of the molecule is O=[N+]([O-])c1ccc(-c2sc([C]3[CH][CH][CH][CH]3)nc2O)cc1. The summed E-state index contributed by atoms with van der Waals surface area (Å²) < 4.78 is 0. The largest absolute Gasteiger partial charge is 0.492 e. The standard InChI is InChI=1S/C14H9N2O3S/c17-13-12(9-5-7-11(8-6-9)16(18)19)20-14(15-13)10-3-1-2-4-10/h1-8,17H. The lowest BCUT2D eigenvalue weighted by Gasteiger charge is -2.00. The fourth-order valence-electron chi connectivity index (χ4n) is 1.87. The van der Waals surface area contributed by atoms with Gasteiger partial charge in [0.25, 0.3) is 5.69 Å². The normalized spacial score (nSPS) is 15.6. The molecule has 0 amide bonds.